The van der Waals surface area contributed by atoms with Crippen LogP contribution < -0.4 is 11.1 Å². The average molecular weight is 336 g/mol. The second-order valence-electron chi connectivity index (χ2n) is 4.72. The number of amides is 1. The Bertz CT molecular complexity index is 537. The summed E-state index contributed by atoms with van der Waals surface area (Å²) in [6, 6.07) is 8.02. The van der Waals surface area contributed by atoms with Crippen LogP contribution in [0.4, 0.5) is 0 Å². The Balaban J connectivity index is 0.00000400. The normalized spacial score (nSPS) is 12.6. The van der Waals surface area contributed by atoms with E-state index in [4.69, 9.17) is 5.73 Å². The number of benzene rings is 1. The second kappa shape index (κ2) is 8.99. The van der Waals surface area contributed by atoms with Crippen LogP contribution in [0.1, 0.15) is 6.92 Å². The van der Waals surface area contributed by atoms with Gasteiger partial charge in [0.15, 0.2) is 0 Å². The van der Waals surface area contributed by atoms with Gasteiger partial charge in [0, 0.05) is 13.6 Å². The molecule has 6 nitrogen and oxygen atoms in total. The monoisotopic (exact) mass is 335 g/mol. The highest BCUT2D eigenvalue weighted by molar-refractivity contribution is 7.89. The third-order valence-electron chi connectivity index (χ3n) is 2.87. The van der Waals surface area contributed by atoms with E-state index in [0.29, 0.717) is 13.1 Å². The van der Waals surface area contributed by atoms with Crippen molar-refractivity contribution < 1.29 is 13.2 Å². The summed E-state index contributed by atoms with van der Waals surface area (Å²) >= 11 is 0. The van der Waals surface area contributed by atoms with Gasteiger partial charge in [-0.15, -0.1) is 12.4 Å². The maximum atomic E-state index is 12.2. The smallest absolute Gasteiger partial charge is 0.243 e. The van der Waals surface area contributed by atoms with E-state index in [1.54, 1.807) is 18.2 Å². The summed E-state index contributed by atoms with van der Waals surface area (Å²) in [5.74, 6) is -0.178. The van der Waals surface area contributed by atoms with Crippen molar-refractivity contribution in [3.63, 3.8) is 0 Å². The van der Waals surface area contributed by atoms with Crippen molar-refractivity contribution in [2.24, 2.45) is 11.7 Å². The highest BCUT2D eigenvalue weighted by Gasteiger charge is 2.22. The number of hydrogen-bond donors (Lipinski definition) is 2. The predicted octanol–water partition coefficient (Wildman–Crippen LogP) is 0.440. The summed E-state index contributed by atoms with van der Waals surface area (Å²) < 4.78 is 25.4. The Morgan fingerprint density at radius 2 is 1.90 bits per heavy atom. The van der Waals surface area contributed by atoms with Gasteiger partial charge in [0.1, 0.15) is 0 Å². The molecule has 0 aliphatic carbocycles. The molecule has 0 saturated heterocycles. The molecule has 0 aromatic heterocycles. The van der Waals surface area contributed by atoms with Crippen LogP contribution in [0.2, 0.25) is 0 Å². The van der Waals surface area contributed by atoms with Crippen molar-refractivity contribution in [2.75, 3.05) is 26.7 Å². The lowest BCUT2D eigenvalue weighted by molar-refractivity contribution is -0.121. The topological polar surface area (TPSA) is 92.5 Å². The summed E-state index contributed by atoms with van der Waals surface area (Å²) in [7, 11) is -2.25. The molecule has 1 amide bonds. The maximum Gasteiger partial charge on any atom is 0.243 e. The highest BCUT2D eigenvalue weighted by atomic mass is 35.5. The third kappa shape index (κ3) is 6.01. The van der Waals surface area contributed by atoms with Crippen molar-refractivity contribution in [2.45, 2.75) is 11.8 Å². The predicted molar refractivity (Wildman–Crippen MR) is 84.7 cm³/mol. The number of likely N-dealkylation sites (N-methyl/N-ethyl adjacent to an activating group) is 1. The summed E-state index contributed by atoms with van der Waals surface area (Å²) in [6.07, 6.45) is 0. The molecule has 1 aromatic carbocycles. The Morgan fingerprint density at radius 3 is 2.43 bits per heavy atom. The molecule has 1 rings (SSSR count). The molecule has 0 heterocycles. The summed E-state index contributed by atoms with van der Waals surface area (Å²) in [5.41, 5.74) is 5.45. The number of halogens is 1. The fraction of sp³-hybridized carbons (Fsp3) is 0.462. The van der Waals surface area contributed by atoms with Crippen LogP contribution in [0.3, 0.4) is 0 Å². The third-order valence-corrected chi connectivity index (χ3v) is 4.69. The Labute approximate surface area is 132 Å². The highest BCUT2D eigenvalue weighted by Crippen LogP contribution is 2.12. The number of sulfonamides is 1. The van der Waals surface area contributed by atoms with Crippen molar-refractivity contribution >= 4 is 28.3 Å². The van der Waals surface area contributed by atoms with Crippen LogP contribution >= 0.6 is 12.4 Å². The van der Waals surface area contributed by atoms with Gasteiger partial charge in [0.05, 0.1) is 11.4 Å². The van der Waals surface area contributed by atoms with Crippen LogP contribution in [0.15, 0.2) is 35.2 Å². The number of rotatable bonds is 7. The van der Waals surface area contributed by atoms with E-state index in [2.05, 4.69) is 5.32 Å². The van der Waals surface area contributed by atoms with Crippen molar-refractivity contribution in [3.05, 3.63) is 30.3 Å². The number of nitrogens with two attached hydrogens (primary N) is 1. The van der Waals surface area contributed by atoms with Crippen molar-refractivity contribution in [3.8, 4) is 0 Å². The molecule has 0 aliphatic heterocycles. The van der Waals surface area contributed by atoms with E-state index in [0.717, 1.165) is 4.31 Å². The number of carbonyl (C=O) groups is 1. The first kappa shape index (κ1) is 19.9. The SMILES string of the molecule is CC(CN)CNC(=O)CN(C)S(=O)(=O)c1ccccc1.Cl. The molecule has 0 saturated carbocycles. The number of hydrogen-bond acceptors (Lipinski definition) is 4. The zero-order valence-electron chi connectivity index (χ0n) is 12.2. The first-order valence-corrected chi connectivity index (χ1v) is 7.80. The molecule has 0 spiro atoms. The van der Waals surface area contributed by atoms with E-state index in [-0.39, 0.29) is 35.7 Å². The van der Waals surface area contributed by atoms with E-state index in [1.807, 2.05) is 6.92 Å². The van der Waals surface area contributed by atoms with Crippen LogP contribution in [0.5, 0.6) is 0 Å². The molecule has 0 aliphatic rings. The Hall–Kier alpha value is -1.15. The fourth-order valence-electron chi connectivity index (χ4n) is 1.49. The molecule has 0 bridgehead atoms. The molecule has 120 valence electrons. The van der Waals surface area contributed by atoms with E-state index in [1.165, 1.54) is 19.2 Å². The summed E-state index contributed by atoms with van der Waals surface area (Å²) in [5, 5.41) is 2.66. The van der Waals surface area contributed by atoms with E-state index in [9.17, 15) is 13.2 Å². The molecular formula is C13H22ClN3O3S. The molecule has 0 fully saturated rings. The van der Waals surface area contributed by atoms with Gasteiger partial charge in [0.2, 0.25) is 15.9 Å². The van der Waals surface area contributed by atoms with Gasteiger partial charge in [-0.1, -0.05) is 25.1 Å². The standard InChI is InChI=1S/C13H21N3O3S.ClH/c1-11(8-14)9-15-13(17)10-16(2)20(18,19)12-6-4-3-5-7-12;/h3-7,11H,8-10,14H2,1-2H3,(H,15,17);1H. The van der Waals surface area contributed by atoms with Crippen molar-refractivity contribution in [1.82, 2.24) is 9.62 Å². The minimum Gasteiger partial charge on any atom is -0.355 e. The van der Waals surface area contributed by atoms with Crippen LogP contribution in [0, 0.1) is 5.92 Å². The number of nitrogens with one attached hydrogen (secondary N) is 1. The second-order valence-corrected chi connectivity index (χ2v) is 6.76. The van der Waals surface area contributed by atoms with Gasteiger partial charge >= 0.3 is 0 Å². The molecule has 0 radical (unpaired) electrons. The minimum absolute atomic E-state index is 0. The van der Waals surface area contributed by atoms with Gasteiger partial charge in [-0.3, -0.25) is 4.79 Å². The van der Waals surface area contributed by atoms with Gasteiger partial charge < -0.3 is 11.1 Å². The fourth-order valence-corrected chi connectivity index (χ4v) is 2.64. The molecule has 8 heteroatoms. The maximum absolute atomic E-state index is 12.2. The Morgan fingerprint density at radius 1 is 1.33 bits per heavy atom. The lowest BCUT2D eigenvalue weighted by atomic mass is 10.2. The molecule has 1 aromatic rings. The van der Waals surface area contributed by atoms with Gasteiger partial charge in [-0.2, -0.15) is 4.31 Å². The molecule has 1 unspecified atom stereocenters. The minimum atomic E-state index is -3.63. The first-order chi connectivity index (χ1) is 9.37. The van der Waals surface area contributed by atoms with E-state index < -0.39 is 10.0 Å². The first-order valence-electron chi connectivity index (χ1n) is 6.36. The van der Waals surface area contributed by atoms with Crippen LogP contribution in [0.25, 0.3) is 0 Å². The lowest BCUT2D eigenvalue weighted by Gasteiger charge is -2.17. The van der Waals surface area contributed by atoms with Crippen LogP contribution in [-0.4, -0.2) is 45.3 Å². The van der Waals surface area contributed by atoms with E-state index >= 15 is 0 Å². The zero-order valence-corrected chi connectivity index (χ0v) is 13.8. The quantitative estimate of drug-likeness (QED) is 0.756. The molecule has 1 atom stereocenters. The summed E-state index contributed by atoms with van der Waals surface area (Å²) in [6.45, 7) is 2.60. The van der Waals surface area contributed by atoms with Gasteiger partial charge in [-0.05, 0) is 24.6 Å². The largest absolute Gasteiger partial charge is 0.355 e. The Kier molecular flexibility index (Phi) is 8.50. The number of carbonyl (C=O) groups excluding carboxylic acids is 1. The molecular weight excluding hydrogens is 314 g/mol. The van der Waals surface area contributed by atoms with Gasteiger partial charge in [-0.25, -0.2) is 8.42 Å². The van der Waals surface area contributed by atoms with Crippen LogP contribution in [-0.2, 0) is 14.8 Å². The lowest BCUT2D eigenvalue weighted by Crippen LogP contribution is -2.40. The number of nitrogens with zero attached hydrogens (tertiary/aromatic N) is 1. The van der Waals surface area contributed by atoms with Gasteiger partial charge in [0.25, 0.3) is 0 Å². The molecule has 21 heavy (non-hydrogen) atoms. The van der Waals surface area contributed by atoms with Crippen molar-refractivity contribution in [1.29, 1.82) is 0 Å². The zero-order chi connectivity index (χ0) is 15.2. The summed E-state index contributed by atoms with van der Waals surface area (Å²) in [4.78, 5) is 11.9. The molecule has 3 N–H and O–H groups in total. The average Bonchev–Trinajstić information content (AvgIpc) is 2.45.